The third kappa shape index (κ3) is 3.88. The highest BCUT2D eigenvalue weighted by Gasteiger charge is 2.17. The van der Waals surface area contributed by atoms with E-state index in [0.29, 0.717) is 56.8 Å². The first-order valence-electron chi connectivity index (χ1n) is 9.28. The molecule has 3 heterocycles. The quantitative estimate of drug-likeness (QED) is 0.454. The second-order valence-corrected chi connectivity index (χ2v) is 8.33. The molecule has 0 atom stereocenters. The molecule has 31 heavy (non-hydrogen) atoms. The van der Waals surface area contributed by atoms with Crippen molar-refractivity contribution in [3.05, 3.63) is 58.6 Å². The molecule has 1 aliphatic rings. The highest BCUT2D eigenvalue weighted by atomic mass is 35.5. The SMILES string of the molecule is [B]c1cc2c(cc1Sc1nc3c([nH]1)c(=N)ncn3CCc1ccc(Cl)cc1F)OCO2. The van der Waals surface area contributed by atoms with E-state index in [0.717, 1.165) is 4.90 Å². The molecule has 2 aromatic carbocycles. The van der Waals surface area contributed by atoms with E-state index in [2.05, 4.69) is 15.0 Å². The number of aromatic amines is 1. The van der Waals surface area contributed by atoms with Crippen molar-refractivity contribution >= 4 is 47.8 Å². The molecule has 154 valence electrons. The molecular formula is C20H14BClFN5O2S. The van der Waals surface area contributed by atoms with Gasteiger partial charge in [0.05, 0.1) is 6.33 Å². The molecule has 0 unspecified atom stereocenters. The van der Waals surface area contributed by atoms with Crippen LogP contribution in [0.3, 0.4) is 0 Å². The lowest BCUT2D eigenvalue weighted by molar-refractivity contribution is 0.174. The average Bonchev–Trinajstić information content (AvgIpc) is 3.36. The lowest BCUT2D eigenvalue weighted by Gasteiger charge is -2.08. The van der Waals surface area contributed by atoms with Crippen molar-refractivity contribution in [2.45, 2.75) is 23.0 Å². The van der Waals surface area contributed by atoms with Crippen molar-refractivity contribution in [3.63, 3.8) is 0 Å². The Kier molecular flexibility index (Phi) is 5.11. The maximum absolute atomic E-state index is 14.1. The number of fused-ring (bicyclic) bond motifs is 2. The van der Waals surface area contributed by atoms with E-state index in [1.807, 2.05) is 0 Å². The number of H-pyrrole nitrogens is 1. The van der Waals surface area contributed by atoms with E-state index in [9.17, 15) is 4.39 Å². The standard InChI is InChI=1S/C20H14BClFN5O2S/c21-12-6-14-15(30-9-29-14)7-16(12)31-20-26-17-18(24)25-8-28(19(17)27-20)4-3-10-1-2-11(22)5-13(10)23/h1-2,5-8,24H,3-4,9H2,(H,26,27). The van der Waals surface area contributed by atoms with Crippen molar-refractivity contribution in [2.24, 2.45) is 0 Å². The first kappa shape index (κ1) is 20.0. The summed E-state index contributed by atoms with van der Waals surface area (Å²) in [6, 6.07) is 8.13. The predicted octanol–water partition coefficient (Wildman–Crippen LogP) is 2.95. The van der Waals surface area contributed by atoms with Crippen LogP contribution in [0, 0.1) is 11.2 Å². The summed E-state index contributed by atoms with van der Waals surface area (Å²) in [7, 11) is 6.13. The van der Waals surface area contributed by atoms with Gasteiger partial charge in [0.25, 0.3) is 0 Å². The van der Waals surface area contributed by atoms with Crippen LogP contribution >= 0.6 is 23.4 Å². The molecule has 0 amide bonds. The molecule has 0 saturated carbocycles. The topological polar surface area (TPSA) is 88.8 Å². The Bertz CT molecular complexity index is 1380. The number of hydrogen-bond donors (Lipinski definition) is 2. The molecule has 4 aromatic rings. The van der Waals surface area contributed by atoms with Crippen molar-refractivity contribution in [1.82, 2.24) is 19.5 Å². The number of imidazole rings is 1. The molecule has 5 rings (SSSR count). The summed E-state index contributed by atoms with van der Waals surface area (Å²) in [5, 5.41) is 9.01. The summed E-state index contributed by atoms with van der Waals surface area (Å²) in [5.41, 5.74) is 2.18. The molecule has 0 fully saturated rings. The molecular weight excluding hydrogens is 440 g/mol. The van der Waals surface area contributed by atoms with Crippen LogP contribution in [0.2, 0.25) is 5.02 Å². The molecule has 1 aliphatic heterocycles. The van der Waals surface area contributed by atoms with Crippen molar-refractivity contribution < 1.29 is 13.9 Å². The third-order valence-corrected chi connectivity index (χ3v) is 6.04. The highest BCUT2D eigenvalue weighted by Crippen LogP contribution is 2.36. The van der Waals surface area contributed by atoms with Crippen LogP contribution in [0.5, 0.6) is 11.5 Å². The number of hydrogen-bond acceptors (Lipinski definition) is 6. The van der Waals surface area contributed by atoms with E-state index in [4.69, 9.17) is 34.3 Å². The molecule has 0 saturated heterocycles. The second kappa shape index (κ2) is 7.94. The minimum Gasteiger partial charge on any atom is -0.454 e. The van der Waals surface area contributed by atoms with Gasteiger partial charge in [-0.15, -0.1) is 0 Å². The monoisotopic (exact) mass is 453 g/mol. The maximum atomic E-state index is 14.1. The molecule has 11 heteroatoms. The van der Waals surface area contributed by atoms with Crippen LogP contribution in [-0.2, 0) is 13.0 Å². The number of halogens is 2. The first-order chi connectivity index (χ1) is 15.0. The summed E-state index contributed by atoms with van der Waals surface area (Å²) in [5.74, 6) is 0.873. The second-order valence-electron chi connectivity index (χ2n) is 6.86. The van der Waals surface area contributed by atoms with Gasteiger partial charge in [0.15, 0.2) is 27.8 Å². The Balaban J connectivity index is 1.44. The van der Waals surface area contributed by atoms with Crippen LogP contribution in [0.4, 0.5) is 4.39 Å². The maximum Gasteiger partial charge on any atom is 0.231 e. The van der Waals surface area contributed by atoms with Gasteiger partial charge in [-0.2, -0.15) is 0 Å². The fourth-order valence-corrected chi connectivity index (χ4v) is 4.27. The number of nitrogens with one attached hydrogen (secondary N) is 2. The van der Waals surface area contributed by atoms with Crippen LogP contribution in [-0.4, -0.2) is 34.2 Å². The van der Waals surface area contributed by atoms with E-state index < -0.39 is 0 Å². The smallest absolute Gasteiger partial charge is 0.231 e. The number of aromatic nitrogens is 4. The zero-order chi connectivity index (χ0) is 21.5. The molecule has 2 aromatic heterocycles. The Hall–Kier alpha value is -2.98. The zero-order valence-corrected chi connectivity index (χ0v) is 17.6. The Morgan fingerprint density at radius 3 is 2.87 bits per heavy atom. The van der Waals surface area contributed by atoms with Gasteiger partial charge in [-0.25, -0.2) is 14.4 Å². The molecule has 0 aliphatic carbocycles. The molecule has 2 N–H and O–H groups in total. The summed E-state index contributed by atoms with van der Waals surface area (Å²) in [4.78, 5) is 12.6. The zero-order valence-electron chi connectivity index (χ0n) is 16.0. The lowest BCUT2D eigenvalue weighted by atomic mass is 9.96. The Labute approximate surface area is 186 Å². The first-order valence-corrected chi connectivity index (χ1v) is 10.5. The Morgan fingerprint density at radius 2 is 2.06 bits per heavy atom. The number of aryl methyl sites for hydroxylation is 2. The summed E-state index contributed by atoms with van der Waals surface area (Å²) in [6.07, 6.45) is 1.95. The minimum atomic E-state index is -0.356. The minimum absolute atomic E-state index is 0.0712. The summed E-state index contributed by atoms with van der Waals surface area (Å²) in [6.45, 7) is 0.596. The third-order valence-electron chi connectivity index (χ3n) is 4.85. The normalized spacial score (nSPS) is 12.6. The summed E-state index contributed by atoms with van der Waals surface area (Å²) >= 11 is 7.14. The molecule has 0 spiro atoms. The van der Waals surface area contributed by atoms with Gasteiger partial charge >= 0.3 is 0 Å². The summed E-state index contributed by atoms with van der Waals surface area (Å²) < 4.78 is 26.6. The van der Waals surface area contributed by atoms with E-state index in [1.165, 1.54) is 24.2 Å². The number of benzene rings is 2. The van der Waals surface area contributed by atoms with Crippen LogP contribution in [0.25, 0.3) is 11.2 Å². The van der Waals surface area contributed by atoms with E-state index >= 15 is 0 Å². The number of nitrogens with zero attached hydrogens (tertiary/aromatic N) is 3. The van der Waals surface area contributed by atoms with Gasteiger partial charge in [0, 0.05) is 16.5 Å². The van der Waals surface area contributed by atoms with Crippen LogP contribution in [0.15, 0.2) is 46.7 Å². The van der Waals surface area contributed by atoms with Gasteiger partial charge in [-0.1, -0.05) is 34.9 Å². The van der Waals surface area contributed by atoms with Crippen molar-refractivity contribution in [2.75, 3.05) is 6.79 Å². The van der Waals surface area contributed by atoms with Crippen LogP contribution in [0.1, 0.15) is 5.56 Å². The van der Waals surface area contributed by atoms with Gasteiger partial charge in [0.1, 0.15) is 19.2 Å². The van der Waals surface area contributed by atoms with Gasteiger partial charge in [-0.3, -0.25) is 5.41 Å². The van der Waals surface area contributed by atoms with Gasteiger partial charge in [-0.05, 0) is 36.2 Å². The number of rotatable bonds is 5. The molecule has 7 nitrogen and oxygen atoms in total. The highest BCUT2D eigenvalue weighted by molar-refractivity contribution is 7.99. The van der Waals surface area contributed by atoms with Gasteiger partial charge in [0.2, 0.25) is 6.79 Å². The predicted molar refractivity (Wildman–Crippen MR) is 115 cm³/mol. The molecule has 2 radical (unpaired) electrons. The van der Waals surface area contributed by atoms with Crippen molar-refractivity contribution in [3.8, 4) is 11.5 Å². The van der Waals surface area contributed by atoms with E-state index in [-0.39, 0.29) is 18.1 Å². The Morgan fingerprint density at radius 1 is 1.26 bits per heavy atom. The largest absolute Gasteiger partial charge is 0.454 e. The number of ether oxygens (including phenoxy) is 2. The van der Waals surface area contributed by atoms with Crippen LogP contribution < -0.4 is 20.4 Å². The lowest BCUT2D eigenvalue weighted by Crippen LogP contribution is -2.13. The molecule has 0 bridgehead atoms. The van der Waals surface area contributed by atoms with Gasteiger partial charge < -0.3 is 19.0 Å². The average molecular weight is 454 g/mol. The fraction of sp³-hybridized carbons (Fsp3) is 0.150. The fourth-order valence-electron chi connectivity index (χ4n) is 3.27. The van der Waals surface area contributed by atoms with Crippen molar-refractivity contribution in [1.29, 1.82) is 5.41 Å². The van der Waals surface area contributed by atoms with E-state index in [1.54, 1.807) is 28.8 Å².